The highest BCUT2D eigenvalue weighted by atomic mass is 32.1. The number of ether oxygens (including phenoxy) is 2. The van der Waals surface area contributed by atoms with E-state index in [0.717, 1.165) is 5.56 Å². The molecule has 0 saturated carbocycles. The molecular formula is C17H17F3N2O2S. The van der Waals surface area contributed by atoms with Gasteiger partial charge in [-0.3, -0.25) is 0 Å². The predicted octanol–water partition coefficient (Wildman–Crippen LogP) is 4.23. The zero-order valence-electron chi connectivity index (χ0n) is 13.6. The molecule has 2 aromatic carbocycles. The molecule has 0 spiro atoms. The van der Waals surface area contributed by atoms with Gasteiger partial charge in [0, 0.05) is 12.2 Å². The summed E-state index contributed by atoms with van der Waals surface area (Å²) in [6.07, 6.45) is 0. The van der Waals surface area contributed by atoms with Crippen molar-refractivity contribution in [3.8, 4) is 11.5 Å². The summed E-state index contributed by atoms with van der Waals surface area (Å²) in [6.45, 7) is -0.930. The first-order valence-electron chi connectivity index (χ1n) is 7.31. The molecule has 4 nitrogen and oxygen atoms in total. The Kier molecular flexibility index (Phi) is 6.46. The zero-order chi connectivity index (χ0) is 18.4. The number of benzene rings is 2. The maximum atomic E-state index is 13.5. The molecule has 0 heterocycles. The number of hydrogen-bond donors (Lipinski definition) is 2. The molecule has 0 radical (unpaired) electrons. The molecule has 0 aliphatic rings. The van der Waals surface area contributed by atoms with E-state index in [0.29, 0.717) is 22.9 Å². The Morgan fingerprint density at radius 2 is 1.92 bits per heavy atom. The van der Waals surface area contributed by atoms with Crippen molar-refractivity contribution in [1.29, 1.82) is 0 Å². The summed E-state index contributed by atoms with van der Waals surface area (Å²) in [4.78, 5) is 0. The lowest BCUT2D eigenvalue weighted by atomic mass is 10.2. The lowest BCUT2D eigenvalue weighted by Gasteiger charge is -2.13. The number of halogens is 3. The first kappa shape index (κ1) is 18.9. The molecule has 0 amide bonds. The molecule has 0 aliphatic carbocycles. The van der Waals surface area contributed by atoms with Gasteiger partial charge < -0.3 is 20.1 Å². The van der Waals surface area contributed by atoms with Crippen molar-refractivity contribution >= 4 is 23.0 Å². The predicted molar refractivity (Wildman–Crippen MR) is 93.8 cm³/mol. The summed E-state index contributed by atoms with van der Waals surface area (Å²) in [5.74, 6) is -0.177. The minimum absolute atomic E-state index is 0.0444. The molecule has 0 atom stereocenters. The van der Waals surface area contributed by atoms with E-state index in [2.05, 4.69) is 15.4 Å². The molecule has 0 aromatic heterocycles. The van der Waals surface area contributed by atoms with Gasteiger partial charge in [-0.2, -0.15) is 8.78 Å². The fourth-order valence-corrected chi connectivity index (χ4v) is 2.23. The lowest BCUT2D eigenvalue weighted by Crippen LogP contribution is -2.27. The summed E-state index contributed by atoms with van der Waals surface area (Å²) in [5, 5.41) is 6.12. The molecule has 0 unspecified atom stereocenters. The third-order valence-corrected chi connectivity index (χ3v) is 3.57. The van der Waals surface area contributed by atoms with E-state index in [4.69, 9.17) is 17.0 Å². The second-order valence-corrected chi connectivity index (χ2v) is 5.54. The standard InChI is InChI=1S/C17H17F3N2O2S/c1-10-3-5-12(8-13(10)18)22-17(25)21-9-11-4-6-14(24-16(19)20)15(7-11)23-2/h3-8,16H,9H2,1-2H3,(H2,21,22,25). The molecule has 8 heteroatoms. The topological polar surface area (TPSA) is 42.5 Å². The second kappa shape index (κ2) is 8.57. The van der Waals surface area contributed by atoms with Crippen molar-refractivity contribution in [3.63, 3.8) is 0 Å². The summed E-state index contributed by atoms with van der Waals surface area (Å²) < 4.78 is 47.5. The number of methoxy groups -OCH3 is 1. The smallest absolute Gasteiger partial charge is 0.387 e. The number of thiocarbonyl (C=S) groups is 1. The Balaban J connectivity index is 1.95. The van der Waals surface area contributed by atoms with Gasteiger partial charge in [0.25, 0.3) is 0 Å². The number of anilines is 1. The molecule has 2 rings (SSSR count). The van der Waals surface area contributed by atoms with E-state index in [9.17, 15) is 13.2 Å². The number of aryl methyl sites for hydroxylation is 1. The normalized spacial score (nSPS) is 10.5. The first-order valence-corrected chi connectivity index (χ1v) is 7.72. The van der Waals surface area contributed by atoms with Crippen LogP contribution in [0.2, 0.25) is 0 Å². The van der Waals surface area contributed by atoms with Crippen LogP contribution in [0.15, 0.2) is 36.4 Å². The monoisotopic (exact) mass is 370 g/mol. The largest absolute Gasteiger partial charge is 0.493 e. The third-order valence-electron chi connectivity index (χ3n) is 3.33. The van der Waals surface area contributed by atoms with Crippen molar-refractivity contribution in [2.24, 2.45) is 0 Å². The van der Waals surface area contributed by atoms with E-state index >= 15 is 0 Å². The lowest BCUT2D eigenvalue weighted by molar-refractivity contribution is -0.0512. The van der Waals surface area contributed by atoms with Crippen LogP contribution in [0.4, 0.5) is 18.9 Å². The quantitative estimate of drug-likeness (QED) is 0.745. The molecule has 0 fully saturated rings. The van der Waals surface area contributed by atoms with Crippen molar-refractivity contribution < 1.29 is 22.6 Å². The Bertz CT molecular complexity index is 757. The Hall–Kier alpha value is -2.48. The van der Waals surface area contributed by atoms with Crippen LogP contribution in [0.3, 0.4) is 0 Å². The van der Waals surface area contributed by atoms with Gasteiger partial charge in [-0.25, -0.2) is 4.39 Å². The molecule has 0 saturated heterocycles. The molecular weight excluding hydrogens is 353 g/mol. The Morgan fingerprint density at radius 1 is 1.16 bits per heavy atom. The first-order chi connectivity index (χ1) is 11.9. The highest BCUT2D eigenvalue weighted by molar-refractivity contribution is 7.80. The zero-order valence-corrected chi connectivity index (χ0v) is 14.4. The van der Waals surface area contributed by atoms with Crippen molar-refractivity contribution in [2.75, 3.05) is 12.4 Å². The fraction of sp³-hybridized carbons (Fsp3) is 0.235. The van der Waals surface area contributed by atoms with Gasteiger partial charge in [-0.05, 0) is 54.5 Å². The minimum Gasteiger partial charge on any atom is -0.493 e. The van der Waals surface area contributed by atoms with Crippen LogP contribution in [-0.2, 0) is 6.54 Å². The van der Waals surface area contributed by atoms with Crippen molar-refractivity contribution in [2.45, 2.75) is 20.1 Å². The van der Waals surface area contributed by atoms with E-state index in [-0.39, 0.29) is 17.3 Å². The SMILES string of the molecule is COc1cc(CNC(=S)Nc2ccc(C)c(F)c2)ccc1OC(F)F. The maximum Gasteiger partial charge on any atom is 0.387 e. The van der Waals surface area contributed by atoms with Crippen molar-refractivity contribution in [1.82, 2.24) is 5.32 Å². The Morgan fingerprint density at radius 3 is 2.56 bits per heavy atom. The van der Waals surface area contributed by atoms with Gasteiger partial charge in [0.05, 0.1) is 7.11 Å². The van der Waals surface area contributed by atoms with Crippen LogP contribution in [0.5, 0.6) is 11.5 Å². The van der Waals surface area contributed by atoms with Crippen LogP contribution in [-0.4, -0.2) is 18.8 Å². The number of nitrogens with one attached hydrogen (secondary N) is 2. The number of rotatable bonds is 6. The van der Waals surface area contributed by atoms with Crippen molar-refractivity contribution in [3.05, 3.63) is 53.3 Å². The van der Waals surface area contributed by atoms with Gasteiger partial charge in [-0.15, -0.1) is 0 Å². The van der Waals surface area contributed by atoms with Crippen LogP contribution >= 0.6 is 12.2 Å². The van der Waals surface area contributed by atoms with Crippen LogP contribution < -0.4 is 20.1 Å². The van der Waals surface area contributed by atoms with Gasteiger partial charge in [0.1, 0.15) is 5.82 Å². The highest BCUT2D eigenvalue weighted by Gasteiger charge is 2.11. The van der Waals surface area contributed by atoms with E-state index < -0.39 is 6.61 Å². The van der Waals surface area contributed by atoms with E-state index in [1.54, 1.807) is 31.2 Å². The highest BCUT2D eigenvalue weighted by Crippen LogP contribution is 2.29. The molecule has 0 aliphatic heterocycles. The van der Waals surface area contributed by atoms with Gasteiger partial charge in [-0.1, -0.05) is 12.1 Å². The van der Waals surface area contributed by atoms with Gasteiger partial charge in [0.2, 0.25) is 0 Å². The summed E-state index contributed by atoms with van der Waals surface area (Å²) in [5.41, 5.74) is 1.82. The fourth-order valence-electron chi connectivity index (χ4n) is 2.04. The van der Waals surface area contributed by atoms with Gasteiger partial charge in [0.15, 0.2) is 16.6 Å². The van der Waals surface area contributed by atoms with Crippen LogP contribution in [0.1, 0.15) is 11.1 Å². The molecule has 25 heavy (non-hydrogen) atoms. The Labute approximate surface area is 148 Å². The van der Waals surface area contributed by atoms with E-state index in [1.807, 2.05) is 0 Å². The van der Waals surface area contributed by atoms with E-state index in [1.165, 1.54) is 19.2 Å². The molecule has 134 valence electrons. The van der Waals surface area contributed by atoms with Crippen LogP contribution in [0.25, 0.3) is 0 Å². The number of alkyl halides is 2. The minimum atomic E-state index is -2.93. The summed E-state index contributed by atoms with van der Waals surface area (Å²) >= 11 is 5.16. The maximum absolute atomic E-state index is 13.5. The average molecular weight is 370 g/mol. The summed E-state index contributed by atoms with van der Waals surface area (Å²) in [7, 11) is 1.36. The molecule has 2 aromatic rings. The molecule has 0 bridgehead atoms. The summed E-state index contributed by atoms with van der Waals surface area (Å²) in [6, 6.07) is 9.29. The third kappa shape index (κ3) is 5.53. The van der Waals surface area contributed by atoms with Crippen LogP contribution in [0, 0.1) is 12.7 Å². The van der Waals surface area contributed by atoms with Gasteiger partial charge >= 0.3 is 6.61 Å². The number of hydrogen-bond acceptors (Lipinski definition) is 3. The second-order valence-electron chi connectivity index (χ2n) is 5.14. The molecule has 2 N–H and O–H groups in total. The average Bonchev–Trinajstić information content (AvgIpc) is 2.57.